The largest absolute Gasteiger partial charge is 0.317 e. The van der Waals surface area contributed by atoms with E-state index in [1.807, 2.05) is 0 Å². The number of benzene rings is 1. The van der Waals surface area contributed by atoms with Gasteiger partial charge < -0.3 is 10.2 Å². The minimum Gasteiger partial charge on any atom is -0.317 e. The molecule has 1 saturated carbocycles. The summed E-state index contributed by atoms with van der Waals surface area (Å²) in [6, 6.07) is 9.76. The summed E-state index contributed by atoms with van der Waals surface area (Å²) >= 11 is 0. The van der Waals surface area contributed by atoms with E-state index in [2.05, 4.69) is 41.5 Å². The van der Waals surface area contributed by atoms with Gasteiger partial charge in [0.2, 0.25) is 0 Å². The first-order valence-corrected chi connectivity index (χ1v) is 8.83. The molecule has 2 unspecified atom stereocenters. The lowest BCUT2D eigenvalue weighted by molar-refractivity contribution is 0.204. The number of nitrogens with zero attached hydrogens (tertiary/aromatic N) is 1. The fraction of sp³-hybridized carbons (Fsp3) is 0.684. The second-order valence-corrected chi connectivity index (χ2v) is 6.86. The van der Waals surface area contributed by atoms with Crippen LogP contribution in [-0.2, 0) is 12.8 Å². The van der Waals surface area contributed by atoms with Crippen molar-refractivity contribution >= 4 is 0 Å². The van der Waals surface area contributed by atoms with Crippen LogP contribution < -0.4 is 5.32 Å². The average molecular weight is 286 g/mol. The second kappa shape index (κ2) is 7.42. The van der Waals surface area contributed by atoms with E-state index in [4.69, 9.17) is 0 Å². The van der Waals surface area contributed by atoms with Crippen molar-refractivity contribution in [2.45, 2.75) is 51.0 Å². The third-order valence-corrected chi connectivity index (χ3v) is 5.54. The Morgan fingerprint density at radius 2 is 1.67 bits per heavy atom. The van der Waals surface area contributed by atoms with Gasteiger partial charge in [-0.15, -0.1) is 0 Å². The second-order valence-electron chi connectivity index (χ2n) is 6.86. The molecule has 1 N–H and O–H groups in total. The maximum Gasteiger partial charge on any atom is 0.0104 e. The van der Waals surface area contributed by atoms with Crippen LogP contribution in [0.1, 0.15) is 43.2 Å². The molecule has 2 aliphatic rings. The Bertz CT molecular complexity index is 416. The Kier molecular flexibility index (Phi) is 5.32. The van der Waals surface area contributed by atoms with Crippen molar-refractivity contribution in [3.05, 3.63) is 35.4 Å². The molecular formula is C19H30N2. The smallest absolute Gasteiger partial charge is 0.0104 e. The summed E-state index contributed by atoms with van der Waals surface area (Å²) < 4.78 is 0. The van der Waals surface area contributed by atoms with Crippen molar-refractivity contribution in [3.63, 3.8) is 0 Å². The van der Waals surface area contributed by atoms with Crippen molar-refractivity contribution < 1.29 is 0 Å². The van der Waals surface area contributed by atoms with Crippen LogP contribution >= 0.6 is 0 Å². The van der Waals surface area contributed by atoms with E-state index < -0.39 is 0 Å². The molecule has 116 valence electrons. The minimum atomic E-state index is 0.734. The van der Waals surface area contributed by atoms with Crippen molar-refractivity contribution in [1.82, 2.24) is 10.2 Å². The predicted octanol–water partition coefficient (Wildman–Crippen LogP) is 3.26. The van der Waals surface area contributed by atoms with Gasteiger partial charge in [-0.05, 0) is 49.8 Å². The van der Waals surface area contributed by atoms with Gasteiger partial charge in [-0.2, -0.15) is 0 Å². The van der Waals surface area contributed by atoms with Crippen molar-refractivity contribution in [2.75, 3.05) is 26.7 Å². The predicted molar refractivity (Wildman–Crippen MR) is 89.7 cm³/mol. The monoisotopic (exact) mass is 286 g/mol. The summed E-state index contributed by atoms with van der Waals surface area (Å²) in [6.45, 7) is 3.77. The van der Waals surface area contributed by atoms with E-state index in [1.165, 1.54) is 64.6 Å². The molecule has 1 aliphatic heterocycles. The van der Waals surface area contributed by atoms with Crippen LogP contribution in [0.4, 0.5) is 0 Å². The number of fused-ring (bicyclic) bond motifs is 1. The summed E-state index contributed by atoms with van der Waals surface area (Å²) in [6.07, 6.45) is 9.51. The summed E-state index contributed by atoms with van der Waals surface area (Å²) in [5, 5.41) is 3.59. The zero-order valence-electron chi connectivity index (χ0n) is 13.5. The fourth-order valence-corrected chi connectivity index (χ4v) is 4.21. The molecule has 3 rings (SSSR count). The Balaban J connectivity index is 1.60. The van der Waals surface area contributed by atoms with Crippen LogP contribution in [0.15, 0.2) is 24.3 Å². The van der Waals surface area contributed by atoms with E-state index in [1.54, 1.807) is 11.1 Å². The normalized spacial score (nSPS) is 27.7. The summed E-state index contributed by atoms with van der Waals surface area (Å²) in [5.41, 5.74) is 3.15. The minimum absolute atomic E-state index is 0.734. The summed E-state index contributed by atoms with van der Waals surface area (Å²) in [4.78, 5) is 2.72. The lowest BCUT2D eigenvalue weighted by Crippen LogP contribution is -2.41. The van der Waals surface area contributed by atoms with Crippen LogP contribution in [0.5, 0.6) is 0 Å². The standard InChI is InChI=1S/C19H30N2/c1-20-19-10-4-2-3-9-18(19)15-21-13-11-16-7-5-6-8-17(16)12-14-21/h5-8,18-20H,2-4,9-15H2,1H3. The Morgan fingerprint density at radius 3 is 2.33 bits per heavy atom. The third kappa shape index (κ3) is 3.87. The van der Waals surface area contributed by atoms with Crippen LogP contribution in [-0.4, -0.2) is 37.6 Å². The van der Waals surface area contributed by atoms with Gasteiger partial charge >= 0.3 is 0 Å². The van der Waals surface area contributed by atoms with Gasteiger partial charge in [0.1, 0.15) is 0 Å². The maximum absolute atomic E-state index is 3.59. The lowest BCUT2D eigenvalue weighted by atomic mass is 9.94. The van der Waals surface area contributed by atoms with E-state index in [-0.39, 0.29) is 0 Å². The maximum atomic E-state index is 3.59. The molecule has 0 radical (unpaired) electrons. The number of hydrogen-bond acceptors (Lipinski definition) is 2. The molecule has 0 spiro atoms. The van der Waals surface area contributed by atoms with Crippen LogP contribution in [0, 0.1) is 5.92 Å². The summed E-state index contributed by atoms with van der Waals surface area (Å²) in [7, 11) is 2.15. The molecule has 1 aliphatic carbocycles. The van der Waals surface area contributed by atoms with Gasteiger partial charge in [0.15, 0.2) is 0 Å². The molecule has 21 heavy (non-hydrogen) atoms. The van der Waals surface area contributed by atoms with E-state index in [0.717, 1.165) is 12.0 Å². The molecule has 0 amide bonds. The van der Waals surface area contributed by atoms with Gasteiger partial charge in [-0.3, -0.25) is 0 Å². The first-order chi connectivity index (χ1) is 10.4. The number of rotatable bonds is 3. The molecule has 1 fully saturated rings. The highest BCUT2D eigenvalue weighted by molar-refractivity contribution is 5.28. The molecule has 1 aromatic rings. The zero-order chi connectivity index (χ0) is 14.5. The van der Waals surface area contributed by atoms with Gasteiger partial charge in [-0.1, -0.05) is 43.5 Å². The fourth-order valence-electron chi connectivity index (χ4n) is 4.21. The summed E-state index contributed by atoms with van der Waals surface area (Å²) in [5.74, 6) is 0.846. The van der Waals surface area contributed by atoms with E-state index in [0.29, 0.717) is 0 Å². The van der Waals surface area contributed by atoms with Gasteiger partial charge in [-0.25, -0.2) is 0 Å². The molecule has 0 saturated heterocycles. The van der Waals surface area contributed by atoms with Crippen LogP contribution in [0.3, 0.4) is 0 Å². The third-order valence-electron chi connectivity index (χ3n) is 5.54. The topological polar surface area (TPSA) is 15.3 Å². The molecule has 2 heteroatoms. The average Bonchev–Trinajstić information content (AvgIpc) is 2.86. The quantitative estimate of drug-likeness (QED) is 0.858. The molecule has 2 nitrogen and oxygen atoms in total. The molecule has 0 aromatic heterocycles. The van der Waals surface area contributed by atoms with Crippen molar-refractivity contribution in [1.29, 1.82) is 0 Å². The van der Waals surface area contributed by atoms with E-state index >= 15 is 0 Å². The lowest BCUT2D eigenvalue weighted by Gasteiger charge is -2.30. The van der Waals surface area contributed by atoms with Gasteiger partial charge in [0.05, 0.1) is 0 Å². The molecule has 2 atom stereocenters. The first kappa shape index (κ1) is 15.1. The number of hydrogen-bond donors (Lipinski definition) is 1. The van der Waals surface area contributed by atoms with Gasteiger partial charge in [0.25, 0.3) is 0 Å². The van der Waals surface area contributed by atoms with Gasteiger partial charge in [0, 0.05) is 25.7 Å². The highest BCUT2D eigenvalue weighted by Crippen LogP contribution is 2.25. The molecular weight excluding hydrogens is 256 g/mol. The molecule has 0 bridgehead atoms. The van der Waals surface area contributed by atoms with Crippen molar-refractivity contribution in [2.24, 2.45) is 5.92 Å². The zero-order valence-corrected chi connectivity index (χ0v) is 13.5. The first-order valence-electron chi connectivity index (χ1n) is 8.83. The highest BCUT2D eigenvalue weighted by Gasteiger charge is 2.25. The Labute approximate surface area is 129 Å². The number of nitrogens with one attached hydrogen (secondary N) is 1. The van der Waals surface area contributed by atoms with Crippen LogP contribution in [0.25, 0.3) is 0 Å². The Morgan fingerprint density at radius 1 is 1.00 bits per heavy atom. The SMILES string of the molecule is CNC1CCCCCC1CN1CCc2ccccc2CC1. The molecule has 1 aromatic carbocycles. The highest BCUT2D eigenvalue weighted by atomic mass is 15.1. The van der Waals surface area contributed by atoms with E-state index in [9.17, 15) is 0 Å². The van der Waals surface area contributed by atoms with Crippen LogP contribution in [0.2, 0.25) is 0 Å². The van der Waals surface area contributed by atoms with Crippen molar-refractivity contribution in [3.8, 4) is 0 Å². The Hall–Kier alpha value is -0.860. The molecule has 1 heterocycles.